The first kappa shape index (κ1) is 23.1. The van der Waals surface area contributed by atoms with Crippen LogP contribution in [0.1, 0.15) is 47.2 Å². The van der Waals surface area contributed by atoms with Gasteiger partial charge in [-0.05, 0) is 12.1 Å². The Labute approximate surface area is 157 Å². The fraction of sp³-hybridized carbons (Fsp3) is 0.429. The molecule has 1 aliphatic rings. The number of carbonyl (C=O) groups is 1. The summed E-state index contributed by atoms with van der Waals surface area (Å²) in [5, 5.41) is 0. The minimum absolute atomic E-state index is 0. The van der Waals surface area contributed by atoms with Crippen molar-refractivity contribution in [3.05, 3.63) is 70.5 Å². The van der Waals surface area contributed by atoms with Gasteiger partial charge in [-0.2, -0.15) is 0 Å². The first-order valence-corrected chi connectivity index (χ1v) is 7.85. The third-order valence-electron chi connectivity index (χ3n) is 3.85. The molecular weight excluding hydrogens is 326 g/mol. The Balaban J connectivity index is 0.000000464. The molecule has 0 aliphatic heterocycles. The Morgan fingerprint density at radius 1 is 1.12 bits per heavy atom. The molecule has 5 heteroatoms. The maximum atomic E-state index is 11.0. The molecule has 26 heavy (non-hydrogen) atoms. The van der Waals surface area contributed by atoms with Crippen LogP contribution >= 0.6 is 0 Å². The summed E-state index contributed by atoms with van der Waals surface area (Å²) in [5.41, 5.74) is 0.543. The average Bonchev–Trinajstić information content (AvgIpc) is 2.62. The first-order valence-electron chi connectivity index (χ1n) is 7.85. The van der Waals surface area contributed by atoms with E-state index in [2.05, 4.69) is 14.7 Å². The number of allylic oxidation sites excluding steroid dienone is 3. The van der Waals surface area contributed by atoms with Crippen molar-refractivity contribution in [3.63, 3.8) is 0 Å². The molecule has 0 saturated heterocycles. The highest BCUT2D eigenvalue weighted by Crippen LogP contribution is 2.26. The largest absolute Gasteiger partial charge is 0.481 e. The Kier molecular flexibility index (Phi) is 8.46. The second kappa shape index (κ2) is 9.53. The van der Waals surface area contributed by atoms with E-state index in [0.29, 0.717) is 12.3 Å². The van der Waals surface area contributed by atoms with Gasteiger partial charge in [-0.25, -0.2) is 18.1 Å². The van der Waals surface area contributed by atoms with Crippen LogP contribution in [0.2, 0.25) is 0 Å². The van der Waals surface area contributed by atoms with Crippen LogP contribution in [0, 0.1) is 13.1 Å². The van der Waals surface area contributed by atoms with Crippen molar-refractivity contribution < 1.29 is 9.53 Å². The van der Waals surface area contributed by atoms with Gasteiger partial charge in [0.05, 0.1) is 7.11 Å². The van der Waals surface area contributed by atoms with Gasteiger partial charge in [0.2, 0.25) is 11.4 Å². The fourth-order valence-corrected chi connectivity index (χ4v) is 2.00. The number of rotatable bonds is 3. The molecule has 1 aromatic rings. The molecule has 0 N–H and O–H groups in total. The second-order valence-electron chi connectivity index (χ2n) is 6.60. The van der Waals surface area contributed by atoms with Crippen molar-refractivity contribution in [1.29, 1.82) is 0 Å². The van der Waals surface area contributed by atoms with Gasteiger partial charge in [0.15, 0.2) is 5.78 Å². The van der Waals surface area contributed by atoms with E-state index in [-0.39, 0.29) is 13.2 Å². The molecule has 0 radical (unpaired) electrons. The van der Waals surface area contributed by atoms with E-state index >= 15 is 0 Å². The Morgan fingerprint density at radius 3 is 2.23 bits per heavy atom. The van der Waals surface area contributed by atoms with Crippen molar-refractivity contribution in [2.24, 2.45) is 0 Å². The summed E-state index contributed by atoms with van der Waals surface area (Å²) in [6.07, 6.45) is 5.52. The Bertz CT molecular complexity index is 775. The van der Waals surface area contributed by atoms with Crippen molar-refractivity contribution in [3.8, 4) is 5.88 Å². The van der Waals surface area contributed by atoms with Gasteiger partial charge in [0.25, 0.3) is 5.54 Å². The zero-order chi connectivity index (χ0) is 19.1. The third-order valence-corrected chi connectivity index (χ3v) is 3.85. The van der Waals surface area contributed by atoms with E-state index in [1.165, 1.54) is 0 Å². The van der Waals surface area contributed by atoms with E-state index in [0.717, 1.165) is 11.3 Å². The Morgan fingerprint density at radius 2 is 1.73 bits per heavy atom. The zero-order valence-corrected chi connectivity index (χ0v) is 15.3. The molecule has 1 aliphatic carbocycles. The number of pyridine rings is 1. The van der Waals surface area contributed by atoms with Gasteiger partial charge in [-0.1, -0.05) is 25.6 Å². The number of hydrogen-bond donors (Lipinski definition) is 0. The van der Waals surface area contributed by atoms with Crippen LogP contribution in [0.25, 0.3) is 9.69 Å². The highest BCUT2D eigenvalue weighted by atomic mass is 16.5. The molecule has 0 spiro atoms. The van der Waals surface area contributed by atoms with Crippen molar-refractivity contribution >= 4 is 5.78 Å². The van der Waals surface area contributed by atoms with Crippen LogP contribution in [0.5, 0.6) is 5.88 Å². The van der Waals surface area contributed by atoms with E-state index in [9.17, 15) is 4.79 Å². The van der Waals surface area contributed by atoms with Crippen molar-refractivity contribution in [2.45, 2.75) is 52.6 Å². The quantitative estimate of drug-likeness (QED) is 0.717. The lowest BCUT2D eigenvalue weighted by molar-refractivity contribution is -0.114. The zero-order valence-electron chi connectivity index (χ0n) is 15.3. The SMILES string of the molecule is C.[C-]#[N+]C(C)(C)C1=CC=CC(=O)C1.[C-]#[N+]C(C)(C)c1cccc(OC)n1. The highest BCUT2D eigenvalue weighted by molar-refractivity contribution is 5.93. The number of methoxy groups -OCH3 is 1. The predicted octanol–water partition coefficient (Wildman–Crippen LogP) is 5.02. The summed E-state index contributed by atoms with van der Waals surface area (Å²) < 4.78 is 4.98. The van der Waals surface area contributed by atoms with Crippen LogP contribution in [0.15, 0.2) is 42.0 Å². The van der Waals surface area contributed by atoms with Crippen LogP contribution < -0.4 is 4.74 Å². The lowest BCUT2D eigenvalue weighted by Gasteiger charge is -2.15. The number of ether oxygens (including phenoxy) is 1. The van der Waals surface area contributed by atoms with Gasteiger partial charge < -0.3 is 14.4 Å². The van der Waals surface area contributed by atoms with Crippen LogP contribution in [-0.2, 0) is 10.3 Å². The molecule has 1 heterocycles. The number of nitrogens with zero attached hydrogens (tertiary/aromatic N) is 3. The van der Waals surface area contributed by atoms with Crippen molar-refractivity contribution in [2.75, 3.05) is 7.11 Å². The second-order valence-corrected chi connectivity index (χ2v) is 6.60. The highest BCUT2D eigenvalue weighted by Gasteiger charge is 2.30. The monoisotopic (exact) mass is 353 g/mol. The van der Waals surface area contributed by atoms with E-state index in [1.54, 1.807) is 25.3 Å². The summed E-state index contributed by atoms with van der Waals surface area (Å²) in [7, 11) is 1.57. The lowest BCUT2D eigenvalue weighted by Crippen LogP contribution is -2.20. The predicted molar refractivity (Wildman–Crippen MR) is 105 cm³/mol. The number of hydrogen-bond acceptors (Lipinski definition) is 3. The molecule has 1 aromatic heterocycles. The smallest absolute Gasteiger partial charge is 0.268 e. The first-order chi connectivity index (χ1) is 11.7. The minimum atomic E-state index is -0.575. The maximum absolute atomic E-state index is 11.0. The molecule has 0 aromatic carbocycles. The number of carbonyl (C=O) groups excluding carboxylic acids is 1. The minimum Gasteiger partial charge on any atom is -0.481 e. The van der Waals surface area contributed by atoms with Gasteiger partial charge in [-0.15, -0.1) is 0 Å². The molecule has 0 atom stereocenters. The third kappa shape index (κ3) is 6.18. The Hall–Kier alpha value is -2.92. The maximum Gasteiger partial charge on any atom is 0.268 e. The van der Waals surface area contributed by atoms with E-state index < -0.39 is 11.1 Å². The summed E-state index contributed by atoms with van der Waals surface area (Å²) in [6, 6.07) is 5.44. The molecule has 138 valence electrons. The fourth-order valence-electron chi connectivity index (χ4n) is 2.00. The molecule has 0 bridgehead atoms. The average molecular weight is 353 g/mol. The lowest BCUT2D eigenvalue weighted by atomic mass is 9.88. The topological polar surface area (TPSA) is 47.9 Å². The van der Waals surface area contributed by atoms with Crippen LogP contribution in [0.3, 0.4) is 0 Å². The summed E-state index contributed by atoms with van der Waals surface area (Å²) in [6.45, 7) is 21.3. The standard InChI is InChI=1S/C10H12N2O.C10H11NO.CH4/c1-10(2,11-3)8-6-5-7-9(12-8)13-4;1-10(2,11-3)8-5-4-6-9(12)7-8;/h5-7H,1-2,4H3;4-6H,7H2,1-2H3;1H4. The van der Waals surface area contributed by atoms with E-state index in [4.69, 9.17) is 17.9 Å². The van der Waals surface area contributed by atoms with Crippen molar-refractivity contribution in [1.82, 2.24) is 4.98 Å². The number of aromatic nitrogens is 1. The molecule has 0 unspecified atom stereocenters. The molecule has 5 nitrogen and oxygen atoms in total. The summed E-state index contributed by atoms with van der Waals surface area (Å²) in [5.74, 6) is 0.637. The molecule has 2 rings (SSSR count). The molecule has 0 saturated carbocycles. The normalized spacial score (nSPS) is 13.2. The van der Waals surface area contributed by atoms with E-state index in [1.807, 2.05) is 45.9 Å². The molecule has 0 amide bonds. The van der Waals surface area contributed by atoms with Crippen LogP contribution in [-0.4, -0.2) is 23.4 Å². The number of ketones is 1. The van der Waals surface area contributed by atoms with Crippen LogP contribution in [0.4, 0.5) is 0 Å². The molecule has 0 fully saturated rings. The van der Waals surface area contributed by atoms with Gasteiger partial charge in [0.1, 0.15) is 5.69 Å². The summed E-state index contributed by atoms with van der Waals surface area (Å²) >= 11 is 0. The van der Waals surface area contributed by atoms with Gasteiger partial charge >= 0.3 is 0 Å². The van der Waals surface area contributed by atoms with Gasteiger partial charge in [0, 0.05) is 45.8 Å². The van der Waals surface area contributed by atoms with Gasteiger partial charge in [-0.3, -0.25) is 4.79 Å². The molecular formula is C21H27N3O2. The summed E-state index contributed by atoms with van der Waals surface area (Å²) in [4.78, 5) is 22.2.